The smallest absolute Gasteiger partial charge is 0.289 e. The van der Waals surface area contributed by atoms with Gasteiger partial charge in [-0.05, 0) is 43.0 Å². The van der Waals surface area contributed by atoms with E-state index in [-0.39, 0.29) is 16.4 Å². The lowest BCUT2D eigenvalue weighted by Gasteiger charge is -2.19. The molecule has 6 nitrogen and oxygen atoms in total. The second-order valence-electron chi connectivity index (χ2n) is 6.02. The van der Waals surface area contributed by atoms with E-state index in [0.717, 1.165) is 12.0 Å². The molecular formula is C19H21ClN2O4. The van der Waals surface area contributed by atoms with Gasteiger partial charge in [0.05, 0.1) is 4.92 Å². The second-order valence-corrected chi connectivity index (χ2v) is 6.43. The van der Waals surface area contributed by atoms with Crippen LogP contribution in [0.5, 0.6) is 5.75 Å². The van der Waals surface area contributed by atoms with Gasteiger partial charge in [-0.15, -0.1) is 0 Å². The molecular weight excluding hydrogens is 356 g/mol. The number of carbonyl (C=O) groups is 1. The van der Waals surface area contributed by atoms with Crippen LogP contribution in [0.25, 0.3) is 0 Å². The van der Waals surface area contributed by atoms with Crippen molar-refractivity contribution in [2.45, 2.75) is 39.2 Å². The molecule has 26 heavy (non-hydrogen) atoms. The SMILES string of the molecule is CCC(C)c1ccccc1OC(C)C(=O)Nc1ccc(Cl)c([N+](=O)[O-])c1. The van der Waals surface area contributed by atoms with Gasteiger partial charge >= 0.3 is 0 Å². The van der Waals surface area contributed by atoms with E-state index < -0.39 is 16.9 Å². The number of rotatable bonds is 7. The predicted molar refractivity (Wildman–Crippen MR) is 102 cm³/mol. The van der Waals surface area contributed by atoms with Crippen molar-refractivity contribution in [1.29, 1.82) is 0 Å². The van der Waals surface area contributed by atoms with Gasteiger partial charge < -0.3 is 10.1 Å². The number of amides is 1. The molecule has 0 spiro atoms. The average Bonchev–Trinajstić information content (AvgIpc) is 2.62. The zero-order chi connectivity index (χ0) is 19.3. The number of hydrogen-bond acceptors (Lipinski definition) is 4. The molecule has 1 N–H and O–H groups in total. The fourth-order valence-electron chi connectivity index (χ4n) is 2.43. The number of nitro benzene ring substituents is 1. The highest BCUT2D eigenvalue weighted by Gasteiger charge is 2.20. The minimum atomic E-state index is -0.769. The van der Waals surface area contributed by atoms with Gasteiger partial charge in [0.15, 0.2) is 6.10 Å². The Morgan fingerprint density at radius 3 is 2.62 bits per heavy atom. The van der Waals surface area contributed by atoms with Gasteiger partial charge in [-0.1, -0.05) is 43.6 Å². The quantitative estimate of drug-likeness (QED) is 0.534. The van der Waals surface area contributed by atoms with Gasteiger partial charge in [0.25, 0.3) is 11.6 Å². The van der Waals surface area contributed by atoms with Crippen LogP contribution in [0, 0.1) is 10.1 Å². The second kappa shape index (κ2) is 8.67. The Balaban J connectivity index is 2.12. The van der Waals surface area contributed by atoms with Crippen molar-refractivity contribution in [2.75, 3.05) is 5.32 Å². The van der Waals surface area contributed by atoms with Crippen LogP contribution in [0.3, 0.4) is 0 Å². The number of nitrogens with zero attached hydrogens (tertiary/aromatic N) is 1. The Labute approximate surface area is 157 Å². The summed E-state index contributed by atoms with van der Waals surface area (Å²) in [4.78, 5) is 22.7. The lowest BCUT2D eigenvalue weighted by molar-refractivity contribution is -0.384. The highest BCUT2D eigenvalue weighted by Crippen LogP contribution is 2.30. The molecule has 7 heteroatoms. The van der Waals surface area contributed by atoms with Crippen molar-refractivity contribution in [3.05, 3.63) is 63.2 Å². The number of nitro groups is 1. The monoisotopic (exact) mass is 376 g/mol. The zero-order valence-electron chi connectivity index (χ0n) is 14.9. The molecule has 2 aromatic carbocycles. The molecule has 0 bridgehead atoms. The summed E-state index contributed by atoms with van der Waals surface area (Å²) >= 11 is 5.78. The molecule has 0 aromatic heterocycles. The number of para-hydroxylation sites is 1. The third-order valence-electron chi connectivity index (χ3n) is 4.15. The lowest BCUT2D eigenvalue weighted by atomic mass is 9.98. The fraction of sp³-hybridized carbons (Fsp3) is 0.316. The van der Waals surface area contributed by atoms with Gasteiger partial charge in [-0.25, -0.2) is 0 Å². The summed E-state index contributed by atoms with van der Waals surface area (Å²) < 4.78 is 5.83. The Morgan fingerprint density at radius 2 is 1.96 bits per heavy atom. The van der Waals surface area contributed by atoms with E-state index in [0.29, 0.717) is 11.7 Å². The maximum absolute atomic E-state index is 12.4. The number of hydrogen-bond donors (Lipinski definition) is 1. The van der Waals surface area contributed by atoms with Crippen molar-refractivity contribution in [3.63, 3.8) is 0 Å². The molecule has 1 amide bonds. The Hall–Kier alpha value is -2.60. The summed E-state index contributed by atoms with van der Waals surface area (Å²) in [6.45, 7) is 5.82. The molecule has 0 aliphatic carbocycles. The highest BCUT2D eigenvalue weighted by atomic mass is 35.5. The maximum Gasteiger partial charge on any atom is 0.289 e. The van der Waals surface area contributed by atoms with E-state index in [4.69, 9.17) is 16.3 Å². The van der Waals surface area contributed by atoms with E-state index >= 15 is 0 Å². The van der Waals surface area contributed by atoms with Crippen LogP contribution in [-0.4, -0.2) is 16.9 Å². The predicted octanol–water partition coefficient (Wildman–Crippen LogP) is 5.17. The Kier molecular flexibility index (Phi) is 6.58. The number of carbonyl (C=O) groups excluding carboxylic acids is 1. The summed E-state index contributed by atoms with van der Waals surface area (Å²) in [5.74, 6) is 0.563. The first-order valence-electron chi connectivity index (χ1n) is 8.33. The standard InChI is InChI=1S/C19H21ClN2O4/c1-4-12(2)15-7-5-6-8-18(15)26-13(3)19(23)21-14-9-10-16(20)17(11-14)22(24)25/h5-13H,4H2,1-3H3,(H,21,23). The van der Waals surface area contributed by atoms with Crippen LogP contribution in [0.4, 0.5) is 11.4 Å². The first-order chi connectivity index (χ1) is 12.3. The Bertz CT molecular complexity index is 810. The van der Waals surface area contributed by atoms with Crippen LogP contribution >= 0.6 is 11.6 Å². The normalized spacial score (nSPS) is 12.9. The summed E-state index contributed by atoms with van der Waals surface area (Å²) in [5, 5.41) is 13.6. The molecule has 2 rings (SSSR count). The van der Waals surface area contributed by atoms with Gasteiger partial charge in [-0.2, -0.15) is 0 Å². The number of anilines is 1. The van der Waals surface area contributed by atoms with Crippen LogP contribution in [0.1, 0.15) is 38.7 Å². The summed E-state index contributed by atoms with van der Waals surface area (Å²) in [5.41, 5.74) is 1.06. The molecule has 0 saturated heterocycles. The van der Waals surface area contributed by atoms with Gasteiger partial charge in [0.1, 0.15) is 10.8 Å². The van der Waals surface area contributed by atoms with Crippen molar-refractivity contribution in [3.8, 4) is 5.75 Å². The van der Waals surface area contributed by atoms with E-state index in [1.54, 1.807) is 6.92 Å². The molecule has 2 unspecified atom stereocenters. The minimum absolute atomic E-state index is 0.0137. The molecule has 2 aromatic rings. The number of ether oxygens (including phenoxy) is 1. The molecule has 138 valence electrons. The van der Waals surface area contributed by atoms with Crippen molar-refractivity contribution < 1.29 is 14.5 Å². The molecule has 0 aliphatic heterocycles. The van der Waals surface area contributed by atoms with E-state index in [1.165, 1.54) is 18.2 Å². The van der Waals surface area contributed by atoms with Gasteiger partial charge in [0, 0.05) is 11.8 Å². The fourth-order valence-corrected chi connectivity index (χ4v) is 2.62. The van der Waals surface area contributed by atoms with E-state index in [2.05, 4.69) is 19.2 Å². The topological polar surface area (TPSA) is 81.5 Å². The summed E-state index contributed by atoms with van der Waals surface area (Å²) in [6.07, 6.45) is 0.185. The molecule has 0 aliphatic rings. The first-order valence-corrected chi connectivity index (χ1v) is 8.71. The van der Waals surface area contributed by atoms with Crippen LogP contribution in [-0.2, 0) is 4.79 Å². The highest BCUT2D eigenvalue weighted by molar-refractivity contribution is 6.32. The number of nitrogens with one attached hydrogen (secondary N) is 1. The van der Waals surface area contributed by atoms with Gasteiger partial charge in [-0.3, -0.25) is 14.9 Å². The lowest BCUT2D eigenvalue weighted by Crippen LogP contribution is -2.30. The van der Waals surface area contributed by atoms with Crippen molar-refractivity contribution in [2.24, 2.45) is 0 Å². The average molecular weight is 377 g/mol. The molecule has 0 heterocycles. The van der Waals surface area contributed by atoms with Crippen LogP contribution in [0.15, 0.2) is 42.5 Å². The molecule has 0 fully saturated rings. The third-order valence-corrected chi connectivity index (χ3v) is 4.47. The summed E-state index contributed by atoms with van der Waals surface area (Å²) in [7, 11) is 0. The van der Waals surface area contributed by atoms with E-state index in [9.17, 15) is 14.9 Å². The largest absolute Gasteiger partial charge is 0.481 e. The number of benzene rings is 2. The van der Waals surface area contributed by atoms with Crippen LogP contribution < -0.4 is 10.1 Å². The Morgan fingerprint density at radius 1 is 1.27 bits per heavy atom. The van der Waals surface area contributed by atoms with Gasteiger partial charge in [0.2, 0.25) is 0 Å². The zero-order valence-corrected chi connectivity index (χ0v) is 15.6. The van der Waals surface area contributed by atoms with E-state index in [1.807, 2.05) is 24.3 Å². The molecule has 0 saturated carbocycles. The van der Waals surface area contributed by atoms with Crippen molar-refractivity contribution >= 4 is 28.9 Å². The van der Waals surface area contributed by atoms with Crippen LogP contribution in [0.2, 0.25) is 5.02 Å². The third kappa shape index (κ3) is 4.73. The number of halogens is 1. The summed E-state index contributed by atoms with van der Waals surface area (Å²) in [6, 6.07) is 11.7. The van der Waals surface area contributed by atoms with Crippen molar-refractivity contribution in [1.82, 2.24) is 0 Å². The first kappa shape index (κ1) is 19.7. The maximum atomic E-state index is 12.4. The molecule has 2 atom stereocenters. The minimum Gasteiger partial charge on any atom is -0.481 e. The molecule has 0 radical (unpaired) electrons.